The summed E-state index contributed by atoms with van der Waals surface area (Å²) in [5.41, 5.74) is 17.8. The third-order valence-corrected chi connectivity index (χ3v) is 10.6. The van der Waals surface area contributed by atoms with Crippen molar-refractivity contribution in [2.75, 3.05) is 0 Å². The predicted octanol–water partition coefficient (Wildman–Crippen LogP) is 14.2. The molecular weight excluding hydrogens is 895 g/mol. The van der Waals surface area contributed by atoms with Crippen LogP contribution in [0, 0.1) is 26.0 Å². The van der Waals surface area contributed by atoms with Crippen LogP contribution in [0.1, 0.15) is 37.5 Å². The van der Waals surface area contributed by atoms with Crippen molar-refractivity contribution in [3.05, 3.63) is 211 Å². The molecule has 0 atom stereocenters. The van der Waals surface area contributed by atoms with Crippen molar-refractivity contribution < 1.29 is 20.1 Å². The first-order chi connectivity index (χ1) is 28.2. The molecular formula is C55H45IrN3-2. The molecule has 59 heavy (non-hydrogen) atoms. The van der Waals surface area contributed by atoms with Crippen LogP contribution >= 0.6 is 0 Å². The second-order valence-electron chi connectivity index (χ2n) is 15.6. The van der Waals surface area contributed by atoms with Gasteiger partial charge in [-0.05, 0) is 93.9 Å². The van der Waals surface area contributed by atoms with Crippen molar-refractivity contribution in [3.8, 4) is 67.2 Å². The van der Waals surface area contributed by atoms with E-state index < -0.39 is 0 Å². The van der Waals surface area contributed by atoms with Gasteiger partial charge in [-0.25, -0.2) is 4.98 Å². The van der Waals surface area contributed by atoms with E-state index in [0.29, 0.717) is 0 Å². The number of benzene rings is 6. The van der Waals surface area contributed by atoms with E-state index in [1.54, 1.807) is 0 Å². The molecule has 3 heterocycles. The third kappa shape index (κ3) is 9.21. The summed E-state index contributed by atoms with van der Waals surface area (Å²) >= 11 is 0. The zero-order chi connectivity index (χ0) is 40.1. The van der Waals surface area contributed by atoms with Gasteiger partial charge in [0.2, 0.25) is 0 Å². The Morgan fingerprint density at radius 1 is 0.458 bits per heavy atom. The van der Waals surface area contributed by atoms with Crippen LogP contribution in [0.15, 0.2) is 182 Å². The van der Waals surface area contributed by atoms with Gasteiger partial charge >= 0.3 is 0 Å². The molecule has 291 valence electrons. The van der Waals surface area contributed by atoms with Gasteiger partial charge in [0.25, 0.3) is 0 Å². The van der Waals surface area contributed by atoms with Gasteiger partial charge in [0.1, 0.15) is 0 Å². The van der Waals surface area contributed by atoms with Crippen LogP contribution in [0.4, 0.5) is 0 Å². The molecule has 0 aliphatic heterocycles. The van der Waals surface area contributed by atoms with Crippen LogP contribution in [0.25, 0.3) is 78.1 Å². The van der Waals surface area contributed by atoms with E-state index in [1.165, 1.54) is 38.9 Å². The summed E-state index contributed by atoms with van der Waals surface area (Å²) in [6.07, 6.45) is 3.73. The standard InChI is InChI=1S/C43H35N2.C12H10N.Ir/c1-29-35(30-13-7-5-8-14-30)19-12-20-36(29)38-22-21-37(42-39(38)23-24-40(45-42)31-15-9-6-10-16-31)32-17-11-18-33(27-32)41-28-34(25-26-44-41)43(2,3)4;1-10-7-8-13-12(9-10)11-5-3-2-4-6-11;/h5-17,19-28H,1-4H3;2-5,7-9H,1H3;/q2*-1;. The molecule has 0 bridgehead atoms. The van der Waals surface area contributed by atoms with Gasteiger partial charge in [-0.15, -0.1) is 65.7 Å². The maximum absolute atomic E-state index is 5.34. The predicted molar refractivity (Wildman–Crippen MR) is 242 cm³/mol. The van der Waals surface area contributed by atoms with E-state index in [4.69, 9.17) is 9.97 Å². The molecule has 0 saturated carbocycles. The van der Waals surface area contributed by atoms with Gasteiger partial charge in [-0.2, -0.15) is 0 Å². The SMILES string of the molecule is Cc1c(-c2ccccc2)cccc1-c1ccc(-c2cc[c-]c(-c3cc(C(C)(C)C)ccn3)c2)c2nc(-c3ccccc3)ccc12.Cc1ccnc(-c2[c-]cccc2)c1.[Ir]. The van der Waals surface area contributed by atoms with E-state index in [1.807, 2.05) is 54.9 Å². The molecule has 6 aromatic carbocycles. The van der Waals surface area contributed by atoms with Crippen LogP contribution in [-0.4, -0.2) is 15.0 Å². The van der Waals surface area contributed by atoms with Crippen LogP contribution in [0.3, 0.4) is 0 Å². The van der Waals surface area contributed by atoms with Crippen LogP contribution in [-0.2, 0) is 25.5 Å². The minimum atomic E-state index is 0. The maximum Gasteiger partial charge on any atom is 0.0778 e. The maximum atomic E-state index is 5.34. The molecule has 3 nitrogen and oxygen atoms in total. The Morgan fingerprint density at radius 2 is 1.12 bits per heavy atom. The van der Waals surface area contributed by atoms with Crippen LogP contribution in [0.5, 0.6) is 0 Å². The third-order valence-electron chi connectivity index (χ3n) is 10.6. The number of aromatic nitrogens is 3. The fourth-order valence-electron chi connectivity index (χ4n) is 7.37. The zero-order valence-electron chi connectivity index (χ0n) is 34.0. The van der Waals surface area contributed by atoms with Gasteiger partial charge in [-0.1, -0.05) is 135 Å². The fourth-order valence-corrected chi connectivity index (χ4v) is 7.37. The van der Waals surface area contributed by atoms with Crippen molar-refractivity contribution in [2.45, 2.75) is 40.0 Å². The van der Waals surface area contributed by atoms with E-state index in [0.717, 1.165) is 55.8 Å². The first-order valence-corrected chi connectivity index (χ1v) is 19.8. The summed E-state index contributed by atoms with van der Waals surface area (Å²) in [5, 5.41) is 1.13. The summed E-state index contributed by atoms with van der Waals surface area (Å²) in [5.74, 6) is 0. The van der Waals surface area contributed by atoms with Crippen LogP contribution in [0.2, 0.25) is 0 Å². The summed E-state index contributed by atoms with van der Waals surface area (Å²) < 4.78 is 0. The van der Waals surface area contributed by atoms with Crippen molar-refractivity contribution in [2.24, 2.45) is 0 Å². The number of rotatable bonds is 6. The number of fused-ring (bicyclic) bond motifs is 1. The monoisotopic (exact) mass is 940 g/mol. The average Bonchev–Trinajstić information content (AvgIpc) is 3.27. The number of pyridine rings is 3. The Hall–Kier alpha value is -6.32. The smallest absolute Gasteiger partial charge is 0.0778 e. The van der Waals surface area contributed by atoms with Crippen molar-refractivity contribution >= 4 is 10.9 Å². The van der Waals surface area contributed by atoms with E-state index >= 15 is 0 Å². The molecule has 4 heteroatoms. The number of hydrogen-bond donors (Lipinski definition) is 0. The van der Waals surface area contributed by atoms with Crippen molar-refractivity contribution in [3.63, 3.8) is 0 Å². The summed E-state index contributed by atoms with van der Waals surface area (Å²) in [4.78, 5) is 14.3. The molecule has 0 amide bonds. The number of nitrogens with zero attached hydrogens (tertiary/aromatic N) is 3. The Balaban J connectivity index is 0.000000321. The normalized spacial score (nSPS) is 11.0. The summed E-state index contributed by atoms with van der Waals surface area (Å²) in [6, 6.07) is 65.6. The molecule has 1 radical (unpaired) electrons. The van der Waals surface area contributed by atoms with Gasteiger partial charge in [-0.3, -0.25) is 0 Å². The van der Waals surface area contributed by atoms with Gasteiger partial charge < -0.3 is 9.97 Å². The van der Waals surface area contributed by atoms with Gasteiger partial charge in [0.15, 0.2) is 0 Å². The Bertz CT molecular complexity index is 2830. The largest absolute Gasteiger partial charge is 0.305 e. The molecule has 0 spiro atoms. The van der Waals surface area contributed by atoms with Crippen LogP contribution < -0.4 is 0 Å². The van der Waals surface area contributed by atoms with E-state index in [9.17, 15) is 0 Å². The number of aryl methyl sites for hydroxylation is 1. The molecule has 9 rings (SSSR count). The second-order valence-corrected chi connectivity index (χ2v) is 15.6. The first kappa shape index (κ1) is 40.9. The molecule has 3 aromatic heterocycles. The molecule has 0 unspecified atom stereocenters. The minimum absolute atomic E-state index is 0. The van der Waals surface area contributed by atoms with Gasteiger partial charge in [0, 0.05) is 43.4 Å². The topological polar surface area (TPSA) is 38.7 Å². The van der Waals surface area contributed by atoms with E-state index in [2.05, 4.69) is 179 Å². The molecule has 0 aliphatic rings. The summed E-state index contributed by atoms with van der Waals surface area (Å²) in [7, 11) is 0. The zero-order valence-corrected chi connectivity index (χ0v) is 36.4. The quantitative estimate of drug-likeness (QED) is 0.156. The fraction of sp³-hybridized carbons (Fsp3) is 0.109. The Morgan fingerprint density at radius 3 is 1.83 bits per heavy atom. The second kappa shape index (κ2) is 18.1. The number of hydrogen-bond acceptors (Lipinski definition) is 3. The molecule has 0 saturated heterocycles. The Labute approximate surface area is 362 Å². The van der Waals surface area contributed by atoms with Crippen molar-refractivity contribution in [1.82, 2.24) is 15.0 Å². The summed E-state index contributed by atoms with van der Waals surface area (Å²) in [6.45, 7) is 11.0. The molecule has 0 fully saturated rings. The van der Waals surface area contributed by atoms with Gasteiger partial charge in [0.05, 0.1) is 11.2 Å². The Kier molecular flexibility index (Phi) is 12.5. The van der Waals surface area contributed by atoms with E-state index in [-0.39, 0.29) is 25.5 Å². The molecule has 0 aliphatic carbocycles. The molecule has 0 N–H and O–H groups in total. The molecule has 9 aromatic rings. The minimum Gasteiger partial charge on any atom is -0.305 e. The van der Waals surface area contributed by atoms with Crippen molar-refractivity contribution in [1.29, 1.82) is 0 Å². The average molecular weight is 940 g/mol. The first-order valence-electron chi connectivity index (χ1n) is 19.8.